The number of hydrogen-bond acceptors (Lipinski definition) is 8. The van der Waals surface area contributed by atoms with E-state index in [9.17, 15) is 9.50 Å². The summed E-state index contributed by atoms with van der Waals surface area (Å²) in [6.07, 6.45) is 2.76. The highest BCUT2D eigenvalue weighted by molar-refractivity contribution is 6.00. The molecule has 0 fully saturated rings. The summed E-state index contributed by atoms with van der Waals surface area (Å²) in [4.78, 5) is 12.9. The van der Waals surface area contributed by atoms with E-state index in [0.717, 1.165) is 12.1 Å². The molecule has 0 amide bonds. The average Bonchev–Trinajstić information content (AvgIpc) is 4.29. The first-order chi connectivity index (χ1) is 36.7. The Morgan fingerprint density at radius 3 is 0.688 bits per heavy atom. The van der Waals surface area contributed by atoms with Crippen molar-refractivity contribution in [3.05, 3.63) is 146 Å². The Morgan fingerprint density at radius 2 is 0.481 bits per heavy atom. The van der Waals surface area contributed by atoms with E-state index < -0.39 is 245 Å². The van der Waals surface area contributed by atoms with Crippen LogP contribution in [0.5, 0.6) is 17.2 Å². The summed E-state index contributed by atoms with van der Waals surface area (Å²) in [6.45, 7) is -5.63. The number of fused-ring (bicyclic) bond motifs is 8. The molecule has 5 heterocycles. The van der Waals surface area contributed by atoms with Crippen LogP contribution in [0.2, 0.25) is 0 Å². The molecule has 0 saturated carbocycles. The number of H-pyrrole nitrogens is 2. The zero-order chi connectivity index (χ0) is 55.6. The number of aromatic amines is 2. The van der Waals surface area contributed by atoms with Gasteiger partial charge in [-0.05, 0) is 48.6 Å². The Morgan fingerprint density at radius 1 is 0.286 bits per heavy atom. The van der Waals surface area contributed by atoms with Crippen molar-refractivity contribution in [1.82, 2.24) is 19.9 Å². The fraction of sp³-hybridized carbons (Fsp3) is 0.120. The van der Waals surface area contributed by atoms with Gasteiger partial charge in [0.15, 0.2) is 75.4 Å². The van der Waals surface area contributed by atoms with E-state index in [4.69, 9.17) is 10.2 Å². The van der Waals surface area contributed by atoms with Crippen LogP contribution in [0.15, 0.2) is 24.3 Å². The number of aliphatic hydroxyl groups excluding tert-OH is 3. The number of nitrogens with zero attached hydrogens (tertiary/aromatic N) is 2. The molecule has 0 unspecified atom stereocenters. The third-order valence-corrected chi connectivity index (χ3v) is 11.6. The molecule has 3 aromatic heterocycles. The van der Waals surface area contributed by atoms with E-state index in [1.54, 1.807) is 0 Å². The summed E-state index contributed by atoms with van der Waals surface area (Å²) < 4.78 is 285. The first-order valence-electron chi connectivity index (χ1n) is 21.7. The van der Waals surface area contributed by atoms with Crippen molar-refractivity contribution in [1.29, 1.82) is 0 Å². The van der Waals surface area contributed by atoms with E-state index in [0.29, 0.717) is 36.4 Å². The summed E-state index contributed by atoms with van der Waals surface area (Å²) >= 11 is 0. The lowest BCUT2D eigenvalue weighted by molar-refractivity contribution is 0.187. The first kappa shape index (κ1) is 53.4. The summed E-state index contributed by atoms with van der Waals surface area (Å²) in [5.74, 6) is -45.6. The molecule has 400 valence electrons. The molecule has 0 spiro atoms. The van der Waals surface area contributed by atoms with Gasteiger partial charge in [-0.15, -0.1) is 0 Å². The van der Waals surface area contributed by atoms with Gasteiger partial charge in [0.1, 0.15) is 19.8 Å². The number of ether oxygens (including phenoxy) is 3. The molecule has 4 aromatic carbocycles. The van der Waals surface area contributed by atoms with Gasteiger partial charge < -0.3 is 39.5 Å². The molecular formula is C50H25F17N4O6. The van der Waals surface area contributed by atoms with Crippen LogP contribution < -0.4 is 14.2 Å². The van der Waals surface area contributed by atoms with E-state index in [1.807, 2.05) is 0 Å². The second-order valence-corrected chi connectivity index (χ2v) is 16.0. The number of halogens is 17. The van der Waals surface area contributed by atoms with Crippen molar-refractivity contribution in [2.45, 2.75) is 0 Å². The van der Waals surface area contributed by atoms with Crippen LogP contribution in [0.1, 0.15) is 22.8 Å². The Labute approximate surface area is 417 Å². The summed E-state index contributed by atoms with van der Waals surface area (Å²) in [6, 6.07) is 2.87. The molecular weight excluding hydrogens is 1080 g/mol. The summed E-state index contributed by atoms with van der Waals surface area (Å²) in [5.41, 5.74) is -18.9. The molecule has 2 aliphatic heterocycles. The summed E-state index contributed by atoms with van der Waals surface area (Å²) in [7, 11) is 0. The van der Waals surface area contributed by atoms with Crippen molar-refractivity contribution in [3.63, 3.8) is 0 Å². The number of aromatic nitrogens is 4. The molecule has 2 aliphatic rings. The predicted molar refractivity (Wildman–Crippen MR) is 238 cm³/mol. The molecule has 8 bridgehead atoms. The molecule has 77 heavy (non-hydrogen) atoms. The van der Waals surface area contributed by atoms with E-state index in [1.165, 1.54) is 0 Å². The van der Waals surface area contributed by atoms with Crippen LogP contribution in [0.3, 0.4) is 0 Å². The normalized spacial score (nSPS) is 12.1. The van der Waals surface area contributed by atoms with Gasteiger partial charge in [-0.25, -0.2) is 58.3 Å². The van der Waals surface area contributed by atoms with Gasteiger partial charge in [-0.3, -0.25) is 0 Å². The van der Waals surface area contributed by atoms with E-state index in [-0.39, 0.29) is 0 Å². The predicted octanol–water partition coefficient (Wildman–Crippen LogP) is 11.8. The number of benzene rings is 4. The standard InChI is InChI=1S/C50H25F17N4O6/c51-31-27(32(52)40(60)41(61)39(31)59)23-15-1-3-17(68-15)24(28-33(53)42(62)48(75-12-9-72)43(63)34(28)54)19-5-7-21(70-19)26(30-37(57)46(66)50(77-14-11-74)47(67)38(30)58)22-8-6-20(71-22)25(18-4-2-16(23)69-18)29-35(55)44(64)49(76-13-10-73)45(65)36(29)56/h1-8,68,71-74H,9-14H2. The molecule has 27 heteroatoms. The molecule has 0 atom stereocenters. The molecule has 0 aliphatic carbocycles. The third-order valence-electron chi connectivity index (χ3n) is 11.6. The first-order valence-corrected chi connectivity index (χ1v) is 21.7. The number of hydrogen-bond donors (Lipinski definition) is 5. The van der Waals surface area contributed by atoms with Gasteiger partial charge in [0.25, 0.3) is 0 Å². The van der Waals surface area contributed by atoms with E-state index >= 15 is 70.2 Å². The number of rotatable bonds is 13. The van der Waals surface area contributed by atoms with Crippen molar-refractivity contribution < 1.29 is 104 Å². The quantitative estimate of drug-likeness (QED) is 0.0436. The van der Waals surface area contributed by atoms with Crippen LogP contribution in [-0.4, -0.2) is 74.9 Å². The van der Waals surface area contributed by atoms with Crippen LogP contribution in [0.4, 0.5) is 74.6 Å². The van der Waals surface area contributed by atoms with Crippen molar-refractivity contribution in [2.75, 3.05) is 39.6 Å². The Balaban J connectivity index is 1.55. The van der Waals surface area contributed by atoms with Gasteiger partial charge >= 0.3 is 0 Å². The largest absolute Gasteiger partial charge is 0.485 e. The Kier molecular flexibility index (Phi) is 14.3. The van der Waals surface area contributed by atoms with Crippen LogP contribution in [-0.2, 0) is 0 Å². The lowest BCUT2D eigenvalue weighted by Crippen LogP contribution is -2.10. The van der Waals surface area contributed by atoms with Crippen LogP contribution in [0, 0.1) is 98.9 Å². The van der Waals surface area contributed by atoms with Gasteiger partial charge in [0, 0.05) is 44.3 Å². The lowest BCUT2D eigenvalue weighted by Gasteiger charge is -2.14. The van der Waals surface area contributed by atoms with Gasteiger partial charge in [-0.1, -0.05) is 0 Å². The molecule has 0 radical (unpaired) electrons. The maximum absolute atomic E-state index is 16.5. The minimum absolute atomic E-state index is 0.672. The molecule has 9 rings (SSSR count). The molecule has 7 aromatic rings. The topological polar surface area (TPSA) is 146 Å². The molecule has 0 saturated heterocycles. The van der Waals surface area contributed by atoms with Crippen molar-refractivity contribution in [3.8, 4) is 61.8 Å². The highest BCUT2D eigenvalue weighted by Crippen LogP contribution is 2.46. The van der Waals surface area contributed by atoms with Gasteiger partial charge in [0.05, 0.1) is 64.9 Å². The summed E-state index contributed by atoms with van der Waals surface area (Å²) in [5, 5.41) is 27.5. The highest BCUT2D eigenvalue weighted by Gasteiger charge is 2.36. The number of aliphatic hydroxyl groups is 3. The zero-order valence-electron chi connectivity index (χ0n) is 37.7. The van der Waals surface area contributed by atoms with E-state index in [2.05, 4.69) is 34.1 Å². The smallest absolute Gasteiger partial charge is 0.204 e. The highest BCUT2D eigenvalue weighted by atomic mass is 19.2. The van der Waals surface area contributed by atoms with Crippen molar-refractivity contribution >= 4 is 46.4 Å². The van der Waals surface area contributed by atoms with Crippen LogP contribution in [0.25, 0.3) is 90.9 Å². The maximum Gasteiger partial charge on any atom is 0.204 e. The van der Waals surface area contributed by atoms with Gasteiger partial charge in [-0.2, -0.15) is 26.3 Å². The maximum atomic E-state index is 16.5. The van der Waals surface area contributed by atoms with Crippen molar-refractivity contribution in [2.24, 2.45) is 0 Å². The SMILES string of the molecule is OCCOc1c(F)c(F)c(-c2c3nc(c(-c4c(F)c(F)c(OCCO)c(F)c4F)c4ccc([nH]4)c(-c4c(F)c(F)c(OCCO)c(F)c4F)c4nc(c(-c5c(F)c(F)c(F)c(F)c5F)c5ccc2[nH]5)C=C4)C=C3)c(F)c1F. The monoisotopic (exact) mass is 1100 g/mol. The Hall–Kier alpha value is -8.43. The minimum atomic E-state index is -2.69. The second-order valence-electron chi connectivity index (χ2n) is 16.0. The Bertz CT molecular complexity index is 3710. The minimum Gasteiger partial charge on any atom is -0.485 e. The lowest BCUT2D eigenvalue weighted by atomic mass is 10.0. The second kappa shape index (κ2) is 20.6. The third kappa shape index (κ3) is 8.62. The molecule has 10 nitrogen and oxygen atoms in total. The fourth-order valence-electron chi connectivity index (χ4n) is 8.40. The van der Waals surface area contributed by atoms with Crippen LogP contribution >= 0.6 is 0 Å². The van der Waals surface area contributed by atoms with Gasteiger partial charge in [0.2, 0.25) is 40.7 Å². The fourth-order valence-corrected chi connectivity index (χ4v) is 8.40. The number of nitrogens with one attached hydrogen (secondary N) is 2. The zero-order valence-corrected chi connectivity index (χ0v) is 37.7. The molecule has 5 N–H and O–H groups in total. The average molecular weight is 1100 g/mol.